The minimum absolute atomic E-state index is 0.194. The first-order valence-corrected chi connectivity index (χ1v) is 8.26. The molecule has 0 fully saturated rings. The van der Waals surface area contributed by atoms with Gasteiger partial charge in [0.25, 0.3) is 0 Å². The van der Waals surface area contributed by atoms with E-state index in [9.17, 15) is 26.4 Å². The van der Waals surface area contributed by atoms with E-state index in [4.69, 9.17) is 0 Å². The third kappa shape index (κ3) is 4.80. The fourth-order valence-corrected chi connectivity index (χ4v) is 2.83. The molecule has 0 spiro atoms. The van der Waals surface area contributed by atoms with Crippen molar-refractivity contribution >= 4 is 21.6 Å². The lowest BCUT2D eigenvalue weighted by Crippen LogP contribution is -2.28. The van der Waals surface area contributed by atoms with Gasteiger partial charge in [0, 0.05) is 18.7 Å². The minimum atomic E-state index is -4.06. The Bertz CT molecular complexity index is 840. The number of carbonyl (C=O) groups is 1. The number of sulfonamides is 1. The normalized spacial score (nSPS) is 11.3. The molecule has 0 heterocycles. The largest absolute Gasteiger partial charge is 0.326 e. The first-order valence-electron chi connectivity index (χ1n) is 6.78. The zero-order valence-corrected chi connectivity index (χ0v) is 13.0. The van der Waals surface area contributed by atoms with Crippen molar-refractivity contribution in [2.75, 3.05) is 11.9 Å². The summed E-state index contributed by atoms with van der Waals surface area (Å²) < 4.78 is 64.5. The van der Waals surface area contributed by atoms with Crippen LogP contribution >= 0.6 is 0 Å². The maximum absolute atomic E-state index is 13.1. The fourth-order valence-electron chi connectivity index (χ4n) is 1.78. The molecule has 2 N–H and O–H groups in total. The summed E-state index contributed by atoms with van der Waals surface area (Å²) in [5, 5.41) is 2.46. The van der Waals surface area contributed by atoms with E-state index >= 15 is 0 Å². The number of benzene rings is 2. The van der Waals surface area contributed by atoms with E-state index in [1.165, 1.54) is 24.3 Å². The number of rotatable bonds is 6. The number of halogens is 3. The highest BCUT2D eigenvalue weighted by Gasteiger charge is 2.16. The van der Waals surface area contributed by atoms with E-state index < -0.39 is 38.3 Å². The number of amides is 1. The quantitative estimate of drug-likeness (QED) is 0.833. The van der Waals surface area contributed by atoms with Crippen molar-refractivity contribution in [3.63, 3.8) is 0 Å². The van der Waals surface area contributed by atoms with Crippen LogP contribution in [-0.4, -0.2) is 20.9 Å². The summed E-state index contributed by atoms with van der Waals surface area (Å²) in [7, 11) is -4.06. The molecular formula is C15H13F3N2O3S. The fraction of sp³-hybridized carbons (Fsp3) is 0.133. The molecule has 1 amide bonds. The summed E-state index contributed by atoms with van der Waals surface area (Å²) >= 11 is 0. The zero-order valence-electron chi connectivity index (χ0n) is 12.2. The molecule has 0 bridgehead atoms. The van der Waals surface area contributed by atoms with E-state index in [1.54, 1.807) is 0 Å². The molecule has 0 atom stereocenters. The Labute approximate surface area is 136 Å². The van der Waals surface area contributed by atoms with Gasteiger partial charge in [0.15, 0.2) is 11.6 Å². The summed E-state index contributed by atoms with van der Waals surface area (Å²) in [5.74, 6) is -3.39. The molecule has 0 saturated carbocycles. The van der Waals surface area contributed by atoms with Gasteiger partial charge in [-0.05, 0) is 42.5 Å². The van der Waals surface area contributed by atoms with Crippen LogP contribution in [0.1, 0.15) is 6.42 Å². The Morgan fingerprint density at radius 3 is 2.25 bits per heavy atom. The van der Waals surface area contributed by atoms with Gasteiger partial charge in [-0.15, -0.1) is 0 Å². The molecule has 9 heteroatoms. The van der Waals surface area contributed by atoms with E-state index in [0.29, 0.717) is 17.8 Å². The second-order valence-corrected chi connectivity index (χ2v) is 6.55. The van der Waals surface area contributed by atoms with Crippen molar-refractivity contribution in [3.8, 4) is 0 Å². The molecule has 0 aliphatic carbocycles. The minimum Gasteiger partial charge on any atom is -0.326 e. The Hall–Kier alpha value is -2.39. The van der Waals surface area contributed by atoms with Crippen molar-refractivity contribution in [1.29, 1.82) is 0 Å². The second kappa shape index (κ2) is 7.45. The molecule has 0 saturated heterocycles. The van der Waals surface area contributed by atoms with Crippen LogP contribution in [0.2, 0.25) is 0 Å². The van der Waals surface area contributed by atoms with E-state index in [-0.39, 0.29) is 13.0 Å². The summed E-state index contributed by atoms with van der Waals surface area (Å²) in [5.41, 5.74) is 0.366. The van der Waals surface area contributed by atoms with Gasteiger partial charge in [-0.2, -0.15) is 0 Å². The van der Waals surface area contributed by atoms with Gasteiger partial charge in [-0.25, -0.2) is 26.3 Å². The van der Waals surface area contributed by atoms with Gasteiger partial charge < -0.3 is 5.32 Å². The Balaban J connectivity index is 1.89. The monoisotopic (exact) mass is 358 g/mol. The highest BCUT2D eigenvalue weighted by atomic mass is 32.2. The number of anilines is 1. The highest BCUT2D eigenvalue weighted by Crippen LogP contribution is 2.13. The van der Waals surface area contributed by atoms with E-state index in [0.717, 1.165) is 6.07 Å². The molecule has 0 aliphatic heterocycles. The number of carbonyl (C=O) groups excluding carboxylic acids is 1. The summed E-state index contributed by atoms with van der Waals surface area (Å²) in [4.78, 5) is 11.2. The molecule has 2 aromatic carbocycles. The number of hydrogen-bond donors (Lipinski definition) is 2. The molecule has 2 aromatic rings. The van der Waals surface area contributed by atoms with Crippen LogP contribution in [0.25, 0.3) is 0 Å². The predicted molar refractivity (Wildman–Crippen MR) is 81.2 cm³/mol. The molecule has 5 nitrogen and oxygen atoms in total. The first-order chi connectivity index (χ1) is 11.3. The standard InChI is InChI=1S/C15H13F3N2O3S/c16-10-1-3-11(4-2-10)20-15(21)7-8-19-24(22,23)12-5-6-13(17)14(18)9-12/h1-6,9,19H,7-8H2,(H,20,21). The first kappa shape index (κ1) is 18.0. The van der Waals surface area contributed by atoms with Crippen molar-refractivity contribution < 1.29 is 26.4 Å². The molecule has 128 valence electrons. The average Bonchev–Trinajstić information content (AvgIpc) is 2.52. The number of hydrogen-bond acceptors (Lipinski definition) is 3. The summed E-state index contributed by atoms with van der Waals surface area (Å²) in [6.07, 6.45) is -0.194. The van der Waals surface area contributed by atoms with Crippen LogP contribution in [0.15, 0.2) is 47.4 Å². The van der Waals surface area contributed by atoms with Crippen molar-refractivity contribution in [3.05, 3.63) is 59.9 Å². The molecule has 24 heavy (non-hydrogen) atoms. The second-order valence-electron chi connectivity index (χ2n) is 4.78. The lowest BCUT2D eigenvalue weighted by Gasteiger charge is -2.08. The molecule has 0 aliphatic rings. The molecule has 0 unspecified atom stereocenters. The van der Waals surface area contributed by atoms with Crippen LogP contribution in [0.4, 0.5) is 18.9 Å². The Morgan fingerprint density at radius 1 is 0.958 bits per heavy atom. The smallest absolute Gasteiger partial charge is 0.240 e. The van der Waals surface area contributed by atoms with Gasteiger partial charge in [0.1, 0.15) is 5.82 Å². The van der Waals surface area contributed by atoms with Crippen LogP contribution in [0.5, 0.6) is 0 Å². The molecule has 0 aromatic heterocycles. The van der Waals surface area contributed by atoms with Crippen LogP contribution < -0.4 is 10.0 Å². The van der Waals surface area contributed by atoms with Gasteiger partial charge in [-0.1, -0.05) is 0 Å². The van der Waals surface area contributed by atoms with Crippen LogP contribution in [-0.2, 0) is 14.8 Å². The predicted octanol–water partition coefficient (Wildman–Crippen LogP) is 2.41. The molecular weight excluding hydrogens is 345 g/mol. The van der Waals surface area contributed by atoms with Gasteiger partial charge in [-0.3, -0.25) is 4.79 Å². The van der Waals surface area contributed by atoms with Gasteiger partial charge in [0.05, 0.1) is 4.90 Å². The summed E-state index contributed by atoms with van der Waals surface area (Å²) in [6, 6.07) is 7.22. The van der Waals surface area contributed by atoms with E-state index in [2.05, 4.69) is 10.0 Å². The van der Waals surface area contributed by atoms with Crippen molar-refractivity contribution in [2.24, 2.45) is 0 Å². The Kier molecular flexibility index (Phi) is 5.58. The SMILES string of the molecule is O=C(CCNS(=O)(=O)c1ccc(F)c(F)c1)Nc1ccc(F)cc1. The van der Waals surface area contributed by atoms with E-state index in [1.807, 2.05) is 0 Å². The third-order valence-corrected chi connectivity index (χ3v) is 4.43. The summed E-state index contributed by atoms with van der Waals surface area (Å²) in [6.45, 7) is -0.242. The van der Waals surface area contributed by atoms with Gasteiger partial charge in [0.2, 0.25) is 15.9 Å². The maximum atomic E-state index is 13.1. The topological polar surface area (TPSA) is 75.3 Å². The zero-order chi connectivity index (χ0) is 17.7. The van der Waals surface area contributed by atoms with Crippen LogP contribution in [0, 0.1) is 17.5 Å². The third-order valence-electron chi connectivity index (χ3n) is 2.97. The average molecular weight is 358 g/mol. The maximum Gasteiger partial charge on any atom is 0.240 e. The van der Waals surface area contributed by atoms with Crippen molar-refractivity contribution in [2.45, 2.75) is 11.3 Å². The van der Waals surface area contributed by atoms with Gasteiger partial charge >= 0.3 is 0 Å². The molecule has 0 radical (unpaired) electrons. The highest BCUT2D eigenvalue weighted by molar-refractivity contribution is 7.89. The number of nitrogens with one attached hydrogen (secondary N) is 2. The Morgan fingerprint density at radius 2 is 1.62 bits per heavy atom. The molecule has 2 rings (SSSR count). The lowest BCUT2D eigenvalue weighted by atomic mass is 10.3. The lowest BCUT2D eigenvalue weighted by molar-refractivity contribution is -0.116. The van der Waals surface area contributed by atoms with Crippen LogP contribution in [0.3, 0.4) is 0 Å². The van der Waals surface area contributed by atoms with Crippen molar-refractivity contribution in [1.82, 2.24) is 4.72 Å².